The Morgan fingerprint density at radius 2 is 1.68 bits per heavy atom. The van der Waals surface area contributed by atoms with Gasteiger partial charge in [-0.2, -0.15) is 0 Å². The van der Waals surface area contributed by atoms with Crippen molar-refractivity contribution in [2.24, 2.45) is 16.7 Å². The molecule has 6 fully saturated rings. The van der Waals surface area contributed by atoms with Crippen LogP contribution in [-0.4, -0.2) is 119 Å². The van der Waals surface area contributed by atoms with Gasteiger partial charge in [0.15, 0.2) is 0 Å². The summed E-state index contributed by atoms with van der Waals surface area (Å²) in [6.45, 7) is 5.81. The first-order valence-corrected chi connectivity index (χ1v) is 21.5. The zero-order valence-electron chi connectivity index (χ0n) is 33.2. The van der Waals surface area contributed by atoms with E-state index in [0.29, 0.717) is 62.5 Å². The standard InChI is InChI=1S/C40H49FN6O12S/c1-4-24-18-40(24,35(52)44-60(56,57)26-9-10-26)43-32(49)30-17-25(59-37(54)45-19-23-7-6-8-28(41)27(23)21-45)20-46(30)33(50)29(22-47(55)31(48)5-2)42-34(51)38-11-14-39(15-12-38,16-13-38)36(53)58-3/h4-8,24-26,29-30,55H,1-2,9-22H2,3H3,(H,42,51)(H,43,49)(H,44,52)/t24-,25?,29?,30+,38?,39?,40-/m1/s1. The number of likely N-dealkylation sites (tertiary alicyclic amines) is 1. The number of methoxy groups -OCH3 is 1. The Hall–Kier alpha value is -5.37. The molecule has 0 spiro atoms. The molecule has 8 rings (SSSR count). The number of fused-ring (bicyclic) bond motifs is 4. The lowest BCUT2D eigenvalue weighted by molar-refractivity contribution is -0.168. The topological polar surface area (TPSA) is 238 Å². The molecule has 2 bridgehead atoms. The molecule has 4 N–H and O–H groups in total. The average molecular weight is 857 g/mol. The van der Waals surface area contributed by atoms with E-state index in [9.17, 15) is 51.6 Å². The van der Waals surface area contributed by atoms with Crippen molar-refractivity contribution in [2.45, 2.75) is 106 Å². The summed E-state index contributed by atoms with van der Waals surface area (Å²) in [5.41, 5.74) is -2.55. The van der Waals surface area contributed by atoms with Gasteiger partial charge in [0.1, 0.15) is 29.5 Å². The number of carbonyl (C=O) groups is 7. The lowest BCUT2D eigenvalue weighted by Gasteiger charge is -2.50. The predicted molar refractivity (Wildman–Crippen MR) is 206 cm³/mol. The molecule has 5 aliphatic carbocycles. The van der Waals surface area contributed by atoms with Crippen LogP contribution in [0.4, 0.5) is 9.18 Å². The number of ether oxygens (including phenoxy) is 2. The minimum atomic E-state index is -4.02. The van der Waals surface area contributed by atoms with Crippen LogP contribution in [0.5, 0.6) is 0 Å². The number of sulfonamides is 1. The maximum absolute atomic E-state index is 14.7. The number of hydrogen-bond donors (Lipinski definition) is 4. The predicted octanol–water partition coefficient (Wildman–Crippen LogP) is 1.32. The van der Waals surface area contributed by atoms with Crippen LogP contribution in [0.15, 0.2) is 43.5 Å². The summed E-state index contributed by atoms with van der Waals surface area (Å²) in [7, 11) is -2.71. The summed E-state index contributed by atoms with van der Waals surface area (Å²) in [5.74, 6) is -5.93. The van der Waals surface area contributed by atoms with E-state index >= 15 is 0 Å². The summed E-state index contributed by atoms with van der Waals surface area (Å²) >= 11 is 0. The molecule has 2 heterocycles. The number of benzene rings is 1. The van der Waals surface area contributed by atoms with Crippen molar-refractivity contribution in [1.29, 1.82) is 0 Å². The molecule has 2 aliphatic heterocycles. The molecule has 7 aliphatic rings. The normalized spacial score (nSPS) is 29.4. The lowest BCUT2D eigenvalue weighted by Crippen LogP contribution is -2.61. The maximum Gasteiger partial charge on any atom is 0.410 e. The van der Waals surface area contributed by atoms with E-state index in [2.05, 4.69) is 28.5 Å². The first-order chi connectivity index (χ1) is 28.4. The molecular formula is C40H49FN6O12S. The van der Waals surface area contributed by atoms with Gasteiger partial charge < -0.3 is 25.0 Å². The van der Waals surface area contributed by atoms with Crippen molar-refractivity contribution in [3.63, 3.8) is 0 Å². The molecule has 18 nitrogen and oxygen atoms in total. The molecule has 1 aromatic rings. The molecule has 324 valence electrons. The summed E-state index contributed by atoms with van der Waals surface area (Å²) in [4.78, 5) is 97.6. The largest absolute Gasteiger partial charge is 0.469 e. The van der Waals surface area contributed by atoms with E-state index in [-0.39, 0.29) is 37.0 Å². The second kappa shape index (κ2) is 15.9. The van der Waals surface area contributed by atoms with E-state index in [4.69, 9.17) is 9.47 Å². The van der Waals surface area contributed by atoms with Crippen LogP contribution in [0.1, 0.15) is 75.3 Å². The maximum atomic E-state index is 14.7. The monoisotopic (exact) mass is 856 g/mol. The van der Waals surface area contributed by atoms with Crippen LogP contribution in [-0.2, 0) is 61.4 Å². The second-order valence-electron chi connectivity index (χ2n) is 16.9. The fourth-order valence-corrected chi connectivity index (χ4v) is 10.6. The Morgan fingerprint density at radius 1 is 1.02 bits per heavy atom. The molecule has 1 aromatic carbocycles. The molecule has 60 heavy (non-hydrogen) atoms. The molecule has 6 amide bonds. The van der Waals surface area contributed by atoms with E-state index in [1.54, 1.807) is 6.07 Å². The third kappa shape index (κ3) is 7.86. The Morgan fingerprint density at radius 3 is 2.27 bits per heavy atom. The number of nitrogens with one attached hydrogen (secondary N) is 3. The van der Waals surface area contributed by atoms with Gasteiger partial charge in [0, 0.05) is 29.9 Å². The summed E-state index contributed by atoms with van der Waals surface area (Å²) in [6, 6.07) is 1.30. The van der Waals surface area contributed by atoms with Crippen molar-refractivity contribution in [3.8, 4) is 0 Å². The molecule has 5 atom stereocenters. The average Bonchev–Trinajstić information content (AvgIpc) is 4.14. The van der Waals surface area contributed by atoms with Gasteiger partial charge in [0.05, 0.1) is 37.4 Å². The summed E-state index contributed by atoms with van der Waals surface area (Å²) < 4.78 is 52.9. The highest BCUT2D eigenvalue weighted by Crippen LogP contribution is 2.57. The highest BCUT2D eigenvalue weighted by atomic mass is 32.2. The van der Waals surface area contributed by atoms with Crippen LogP contribution in [0.25, 0.3) is 0 Å². The SMILES string of the molecule is C=CC(=O)N(O)CC(NC(=O)C12CCC(C(=O)OC)(CC1)CC2)C(=O)N1CC(OC(=O)N2Cc3cccc(F)c3C2)C[C@H]1C(=O)N[C@]1(C(=O)NS(=O)(=O)C2CC2)C[C@H]1C=C. The third-order valence-corrected chi connectivity index (χ3v) is 15.1. The van der Waals surface area contributed by atoms with Crippen molar-refractivity contribution >= 4 is 51.6 Å². The number of rotatable bonds is 14. The molecular weight excluding hydrogens is 808 g/mol. The van der Waals surface area contributed by atoms with Gasteiger partial charge >= 0.3 is 12.1 Å². The van der Waals surface area contributed by atoms with Crippen molar-refractivity contribution in [1.82, 2.24) is 30.2 Å². The minimum Gasteiger partial charge on any atom is -0.469 e. The van der Waals surface area contributed by atoms with Crippen molar-refractivity contribution in [3.05, 3.63) is 60.5 Å². The second-order valence-corrected chi connectivity index (χ2v) is 18.8. The van der Waals surface area contributed by atoms with E-state index in [1.807, 2.05) is 0 Å². The smallest absolute Gasteiger partial charge is 0.410 e. The first kappa shape index (κ1) is 42.7. The Labute approximate surface area is 345 Å². The van der Waals surface area contributed by atoms with Crippen molar-refractivity contribution < 1.29 is 61.1 Å². The number of amides is 6. The molecule has 0 aromatic heterocycles. The van der Waals surface area contributed by atoms with Crippen LogP contribution in [0, 0.1) is 22.6 Å². The number of halogens is 1. The molecule has 1 saturated heterocycles. The van der Waals surface area contributed by atoms with Crippen LogP contribution < -0.4 is 15.4 Å². The van der Waals surface area contributed by atoms with E-state index in [1.165, 1.54) is 30.2 Å². The van der Waals surface area contributed by atoms with E-state index in [0.717, 1.165) is 11.0 Å². The highest BCUT2D eigenvalue weighted by molar-refractivity contribution is 7.91. The first-order valence-electron chi connectivity index (χ1n) is 20.0. The van der Waals surface area contributed by atoms with Crippen LogP contribution in [0.3, 0.4) is 0 Å². The zero-order valence-corrected chi connectivity index (χ0v) is 34.0. The Bertz CT molecular complexity index is 2120. The van der Waals surface area contributed by atoms with Gasteiger partial charge in [-0.1, -0.05) is 24.8 Å². The van der Waals surface area contributed by atoms with Gasteiger partial charge in [0.25, 0.3) is 11.8 Å². The summed E-state index contributed by atoms with van der Waals surface area (Å²) in [5, 5.41) is 15.5. The quantitative estimate of drug-likeness (QED) is 0.0682. The van der Waals surface area contributed by atoms with Crippen LogP contribution in [0.2, 0.25) is 0 Å². The number of hydrogen-bond acceptors (Lipinski definition) is 12. The Kier molecular flexibility index (Phi) is 11.3. The van der Waals surface area contributed by atoms with E-state index < -0.39 is 110 Å². The number of hydroxylamine groups is 2. The Balaban J connectivity index is 1.14. The summed E-state index contributed by atoms with van der Waals surface area (Å²) in [6.07, 6.45) is 2.60. The number of carbonyl (C=O) groups excluding carboxylic acids is 7. The fourth-order valence-electron chi connectivity index (χ4n) is 9.24. The van der Waals surface area contributed by atoms with Gasteiger partial charge in [-0.3, -0.25) is 43.6 Å². The lowest BCUT2D eigenvalue weighted by atomic mass is 9.53. The van der Waals surface area contributed by atoms with Gasteiger partial charge in [0.2, 0.25) is 27.7 Å². The van der Waals surface area contributed by atoms with Gasteiger partial charge in [-0.15, -0.1) is 6.58 Å². The molecule has 2 unspecified atom stereocenters. The highest BCUT2D eigenvalue weighted by Gasteiger charge is 2.62. The zero-order chi connectivity index (χ0) is 43.4. The number of esters is 1. The molecule has 0 radical (unpaired) electrons. The van der Waals surface area contributed by atoms with Gasteiger partial charge in [-0.05, 0) is 75.5 Å². The van der Waals surface area contributed by atoms with Crippen LogP contribution >= 0.6 is 0 Å². The fraction of sp³-hybridized carbons (Fsp3) is 0.575. The van der Waals surface area contributed by atoms with Crippen molar-refractivity contribution in [2.75, 3.05) is 20.2 Å². The molecule has 5 saturated carbocycles. The minimum absolute atomic E-state index is 0.000581. The van der Waals surface area contributed by atoms with Gasteiger partial charge in [-0.25, -0.2) is 22.7 Å². The number of nitrogens with zero attached hydrogens (tertiary/aromatic N) is 3. The third-order valence-electron chi connectivity index (χ3n) is 13.3. The molecule has 20 heteroatoms.